The van der Waals surface area contributed by atoms with Crippen LogP contribution in [0.4, 0.5) is 0 Å². The maximum absolute atomic E-state index is 11.8. The first-order valence-corrected chi connectivity index (χ1v) is 5.56. The first kappa shape index (κ1) is 12.0. The highest BCUT2D eigenvalue weighted by molar-refractivity contribution is 5.79. The summed E-state index contributed by atoms with van der Waals surface area (Å²) < 4.78 is 0. The Bertz CT molecular complexity index is 259. The molecule has 4 nitrogen and oxygen atoms in total. The van der Waals surface area contributed by atoms with Gasteiger partial charge in [0.05, 0.1) is 12.5 Å². The average Bonchev–Trinajstić information content (AvgIpc) is 2.18. The predicted molar refractivity (Wildman–Crippen MR) is 57.8 cm³/mol. The van der Waals surface area contributed by atoms with Crippen molar-refractivity contribution in [3.63, 3.8) is 0 Å². The van der Waals surface area contributed by atoms with Crippen LogP contribution < -0.4 is 11.1 Å². The zero-order valence-corrected chi connectivity index (χ0v) is 9.20. The van der Waals surface area contributed by atoms with E-state index < -0.39 is 0 Å². The number of nitrogens with two attached hydrogens (primary N) is 1. The molecule has 3 N–H and O–H groups in total. The van der Waals surface area contributed by atoms with Gasteiger partial charge in [-0.3, -0.25) is 4.79 Å². The Kier molecular flexibility index (Phi) is 4.57. The first-order valence-electron chi connectivity index (χ1n) is 5.56. The van der Waals surface area contributed by atoms with E-state index in [2.05, 4.69) is 5.32 Å². The summed E-state index contributed by atoms with van der Waals surface area (Å²) in [5.41, 5.74) is 5.82. The Morgan fingerprint density at radius 2 is 2.40 bits per heavy atom. The van der Waals surface area contributed by atoms with Crippen LogP contribution in [0.1, 0.15) is 39.0 Å². The van der Waals surface area contributed by atoms with Crippen molar-refractivity contribution in [1.82, 2.24) is 5.32 Å². The Morgan fingerprint density at radius 3 is 3.00 bits per heavy atom. The molecule has 0 aromatic heterocycles. The Labute approximate surface area is 90.8 Å². The smallest absolute Gasteiger partial charge is 0.223 e. The van der Waals surface area contributed by atoms with Crippen LogP contribution in [0.15, 0.2) is 0 Å². The Morgan fingerprint density at radius 1 is 1.67 bits per heavy atom. The summed E-state index contributed by atoms with van der Waals surface area (Å²) in [5, 5.41) is 11.3. The van der Waals surface area contributed by atoms with Gasteiger partial charge < -0.3 is 11.1 Å². The second-order valence-corrected chi connectivity index (χ2v) is 4.40. The molecule has 0 aromatic rings. The lowest BCUT2D eigenvalue weighted by atomic mass is 9.85. The highest BCUT2D eigenvalue weighted by Crippen LogP contribution is 2.23. The zero-order valence-electron chi connectivity index (χ0n) is 9.20. The highest BCUT2D eigenvalue weighted by atomic mass is 16.1. The summed E-state index contributed by atoms with van der Waals surface area (Å²) in [6, 6.07) is 2.16. The minimum Gasteiger partial charge on any atom is -0.352 e. The van der Waals surface area contributed by atoms with E-state index in [1.165, 1.54) is 0 Å². The number of amides is 1. The van der Waals surface area contributed by atoms with Gasteiger partial charge in [-0.1, -0.05) is 6.42 Å². The molecule has 0 bridgehead atoms. The third kappa shape index (κ3) is 3.88. The van der Waals surface area contributed by atoms with Gasteiger partial charge in [0.2, 0.25) is 5.91 Å². The fraction of sp³-hybridized carbons (Fsp3) is 0.818. The summed E-state index contributed by atoms with van der Waals surface area (Å²) in [5.74, 6) is 0.114. The molecule has 0 spiro atoms. The molecule has 1 amide bonds. The van der Waals surface area contributed by atoms with E-state index in [4.69, 9.17) is 11.0 Å². The molecule has 0 radical (unpaired) electrons. The van der Waals surface area contributed by atoms with E-state index in [1.54, 1.807) is 0 Å². The van der Waals surface area contributed by atoms with Crippen molar-refractivity contribution in [2.45, 2.75) is 51.1 Å². The molecule has 1 aliphatic rings. The van der Waals surface area contributed by atoms with E-state index in [9.17, 15) is 4.79 Å². The lowest BCUT2D eigenvalue weighted by molar-refractivity contribution is -0.126. The van der Waals surface area contributed by atoms with Crippen LogP contribution in [0, 0.1) is 17.2 Å². The normalized spacial score (nSPS) is 27.8. The molecule has 1 saturated carbocycles. The standard InChI is InChI=1S/C11H19N3O/c1-8(5-6-12)14-11(15)9-3-2-4-10(13)7-9/h8-10H,2-5,7,13H2,1H3,(H,14,15). The first-order chi connectivity index (χ1) is 7.13. The molecule has 15 heavy (non-hydrogen) atoms. The van der Waals surface area contributed by atoms with Crippen LogP contribution in [-0.4, -0.2) is 18.0 Å². The van der Waals surface area contributed by atoms with Crippen LogP contribution >= 0.6 is 0 Å². The molecule has 84 valence electrons. The zero-order chi connectivity index (χ0) is 11.3. The van der Waals surface area contributed by atoms with Crippen LogP contribution in [-0.2, 0) is 4.79 Å². The Hall–Kier alpha value is -1.08. The number of carbonyl (C=O) groups is 1. The molecular weight excluding hydrogens is 190 g/mol. The van der Waals surface area contributed by atoms with E-state index in [-0.39, 0.29) is 23.9 Å². The molecule has 0 aromatic carbocycles. The van der Waals surface area contributed by atoms with Gasteiger partial charge in [-0.25, -0.2) is 0 Å². The van der Waals surface area contributed by atoms with E-state index in [0.29, 0.717) is 6.42 Å². The number of rotatable bonds is 3. The number of nitrogens with zero attached hydrogens (tertiary/aromatic N) is 1. The van der Waals surface area contributed by atoms with Gasteiger partial charge in [-0.15, -0.1) is 0 Å². The molecule has 1 fully saturated rings. The van der Waals surface area contributed by atoms with Gasteiger partial charge in [0.25, 0.3) is 0 Å². The third-order valence-corrected chi connectivity index (χ3v) is 2.87. The number of hydrogen-bond acceptors (Lipinski definition) is 3. The van der Waals surface area contributed by atoms with Crippen molar-refractivity contribution >= 4 is 5.91 Å². The second kappa shape index (κ2) is 5.72. The van der Waals surface area contributed by atoms with Gasteiger partial charge in [-0.2, -0.15) is 5.26 Å². The van der Waals surface area contributed by atoms with Crippen LogP contribution in [0.5, 0.6) is 0 Å². The topological polar surface area (TPSA) is 78.9 Å². The van der Waals surface area contributed by atoms with Crippen molar-refractivity contribution in [2.75, 3.05) is 0 Å². The summed E-state index contributed by atoms with van der Waals surface area (Å²) in [4.78, 5) is 11.8. The molecule has 3 unspecified atom stereocenters. The molecule has 3 atom stereocenters. The molecule has 0 saturated heterocycles. The fourth-order valence-electron chi connectivity index (χ4n) is 2.01. The molecule has 0 aliphatic heterocycles. The van der Waals surface area contributed by atoms with Crippen molar-refractivity contribution in [3.05, 3.63) is 0 Å². The molecule has 1 rings (SSSR count). The lowest BCUT2D eigenvalue weighted by Crippen LogP contribution is -2.41. The van der Waals surface area contributed by atoms with Gasteiger partial charge in [0.1, 0.15) is 0 Å². The average molecular weight is 209 g/mol. The van der Waals surface area contributed by atoms with Crippen LogP contribution in [0.2, 0.25) is 0 Å². The highest BCUT2D eigenvalue weighted by Gasteiger charge is 2.25. The number of hydrogen-bond donors (Lipinski definition) is 2. The van der Waals surface area contributed by atoms with Gasteiger partial charge in [0.15, 0.2) is 0 Å². The maximum atomic E-state index is 11.8. The molecule has 0 heterocycles. The number of nitriles is 1. The van der Waals surface area contributed by atoms with Gasteiger partial charge in [-0.05, 0) is 26.2 Å². The van der Waals surface area contributed by atoms with Crippen molar-refractivity contribution < 1.29 is 4.79 Å². The largest absolute Gasteiger partial charge is 0.352 e. The summed E-state index contributed by atoms with van der Waals surface area (Å²) in [6.07, 6.45) is 4.14. The summed E-state index contributed by atoms with van der Waals surface area (Å²) >= 11 is 0. The molecular formula is C11H19N3O. The lowest BCUT2D eigenvalue weighted by Gasteiger charge is -2.26. The van der Waals surface area contributed by atoms with E-state index >= 15 is 0 Å². The van der Waals surface area contributed by atoms with Gasteiger partial charge in [0, 0.05) is 18.0 Å². The second-order valence-electron chi connectivity index (χ2n) is 4.40. The van der Waals surface area contributed by atoms with Crippen molar-refractivity contribution in [2.24, 2.45) is 11.7 Å². The van der Waals surface area contributed by atoms with Crippen molar-refractivity contribution in [1.29, 1.82) is 5.26 Å². The fourth-order valence-corrected chi connectivity index (χ4v) is 2.01. The Balaban J connectivity index is 2.36. The predicted octanol–water partition coefficient (Wildman–Crippen LogP) is 0.922. The van der Waals surface area contributed by atoms with E-state index in [1.807, 2.05) is 13.0 Å². The molecule has 1 aliphatic carbocycles. The molecule has 4 heteroatoms. The number of carbonyl (C=O) groups excluding carboxylic acids is 1. The van der Waals surface area contributed by atoms with Gasteiger partial charge >= 0.3 is 0 Å². The minimum absolute atomic E-state index is 0.0508. The summed E-state index contributed by atoms with van der Waals surface area (Å²) in [6.45, 7) is 1.85. The minimum atomic E-state index is -0.0550. The number of nitrogens with one attached hydrogen (secondary N) is 1. The maximum Gasteiger partial charge on any atom is 0.223 e. The third-order valence-electron chi connectivity index (χ3n) is 2.87. The SMILES string of the molecule is CC(CC#N)NC(=O)C1CCCC(N)C1. The monoisotopic (exact) mass is 209 g/mol. The van der Waals surface area contributed by atoms with E-state index in [0.717, 1.165) is 25.7 Å². The van der Waals surface area contributed by atoms with Crippen molar-refractivity contribution in [3.8, 4) is 6.07 Å². The van der Waals surface area contributed by atoms with Crippen LogP contribution in [0.25, 0.3) is 0 Å². The quantitative estimate of drug-likeness (QED) is 0.725. The summed E-state index contributed by atoms with van der Waals surface area (Å²) in [7, 11) is 0. The van der Waals surface area contributed by atoms with Crippen LogP contribution in [0.3, 0.4) is 0 Å².